The zero-order valence-corrected chi connectivity index (χ0v) is 12.6. The minimum atomic E-state index is -0.941. The second kappa shape index (κ2) is 6.57. The zero-order chi connectivity index (χ0) is 14.6. The second-order valence-corrected chi connectivity index (χ2v) is 5.87. The quantitative estimate of drug-likeness (QED) is 0.866. The van der Waals surface area contributed by atoms with E-state index in [9.17, 15) is 5.11 Å². The van der Waals surface area contributed by atoms with Crippen LogP contribution in [0.5, 0.6) is 5.75 Å². The molecule has 2 atom stereocenters. The topological polar surface area (TPSA) is 50.7 Å². The van der Waals surface area contributed by atoms with Gasteiger partial charge in [0, 0.05) is 18.2 Å². The molecule has 0 aliphatic carbocycles. The van der Waals surface area contributed by atoms with Crippen molar-refractivity contribution >= 4 is 0 Å². The third-order valence-corrected chi connectivity index (χ3v) is 3.47. The van der Waals surface area contributed by atoms with Crippen LogP contribution in [0.25, 0.3) is 0 Å². The van der Waals surface area contributed by atoms with Crippen LogP contribution in [0, 0.1) is 0 Å². The number of morpholine rings is 1. The van der Waals surface area contributed by atoms with Gasteiger partial charge in [-0.05, 0) is 33.3 Å². The Morgan fingerprint density at radius 2 is 2.20 bits per heavy atom. The molecule has 1 aliphatic heterocycles. The normalized spacial score (nSPS) is 22.6. The fraction of sp³-hybridized carbons (Fsp3) is 0.625. The molecule has 0 aromatic heterocycles. The van der Waals surface area contributed by atoms with Crippen LogP contribution in [-0.4, -0.2) is 37.0 Å². The van der Waals surface area contributed by atoms with Gasteiger partial charge in [-0.3, -0.25) is 0 Å². The number of ether oxygens (including phenoxy) is 2. The van der Waals surface area contributed by atoms with E-state index in [-0.39, 0.29) is 12.1 Å². The van der Waals surface area contributed by atoms with Crippen LogP contribution in [0.15, 0.2) is 24.3 Å². The number of hydrogen-bond donors (Lipinski definition) is 2. The molecule has 4 nitrogen and oxygen atoms in total. The summed E-state index contributed by atoms with van der Waals surface area (Å²) >= 11 is 0. The molecular formula is C16H25NO3. The van der Waals surface area contributed by atoms with Gasteiger partial charge in [0.2, 0.25) is 0 Å². The molecule has 1 aliphatic rings. The van der Waals surface area contributed by atoms with Crippen molar-refractivity contribution in [2.45, 2.75) is 44.9 Å². The van der Waals surface area contributed by atoms with Crippen molar-refractivity contribution in [1.29, 1.82) is 0 Å². The third kappa shape index (κ3) is 3.95. The lowest BCUT2D eigenvalue weighted by atomic mass is 9.88. The van der Waals surface area contributed by atoms with Crippen molar-refractivity contribution < 1.29 is 14.6 Å². The molecule has 0 bridgehead atoms. The molecule has 1 aromatic rings. The van der Waals surface area contributed by atoms with Crippen LogP contribution in [0.2, 0.25) is 0 Å². The molecule has 1 fully saturated rings. The molecule has 0 radical (unpaired) electrons. The zero-order valence-electron chi connectivity index (χ0n) is 12.6. The van der Waals surface area contributed by atoms with Gasteiger partial charge in [0.25, 0.3) is 0 Å². The summed E-state index contributed by atoms with van der Waals surface area (Å²) in [6.45, 7) is 8.04. The Morgan fingerprint density at radius 3 is 2.85 bits per heavy atom. The van der Waals surface area contributed by atoms with Crippen LogP contribution in [0.3, 0.4) is 0 Å². The highest BCUT2D eigenvalue weighted by molar-refractivity contribution is 5.38. The number of benzene rings is 1. The Balaban J connectivity index is 2.15. The first kappa shape index (κ1) is 15.3. The first-order chi connectivity index (χ1) is 9.49. The van der Waals surface area contributed by atoms with E-state index in [2.05, 4.69) is 5.32 Å². The molecule has 1 heterocycles. The van der Waals surface area contributed by atoms with Crippen molar-refractivity contribution in [3.8, 4) is 5.75 Å². The second-order valence-electron chi connectivity index (χ2n) is 5.87. The molecule has 4 heteroatoms. The molecule has 1 saturated heterocycles. The number of para-hydroxylation sites is 1. The number of aliphatic hydroxyl groups is 1. The average Bonchev–Trinajstić information content (AvgIpc) is 2.39. The van der Waals surface area contributed by atoms with E-state index in [0.717, 1.165) is 24.5 Å². The van der Waals surface area contributed by atoms with Gasteiger partial charge in [-0.2, -0.15) is 0 Å². The molecule has 0 saturated carbocycles. The smallest absolute Gasteiger partial charge is 0.125 e. The summed E-state index contributed by atoms with van der Waals surface area (Å²) in [7, 11) is 0. The van der Waals surface area contributed by atoms with Gasteiger partial charge in [0.1, 0.15) is 5.75 Å². The van der Waals surface area contributed by atoms with Gasteiger partial charge < -0.3 is 19.9 Å². The van der Waals surface area contributed by atoms with Crippen molar-refractivity contribution in [2.75, 3.05) is 19.8 Å². The van der Waals surface area contributed by atoms with E-state index in [1.54, 1.807) is 0 Å². The Labute approximate surface area is 121 Å². The van der Waals surface area contributed by atoms with E-state index in [0.29, 0.717) is 13.0 Å². The lowest BCUT2D eigenvalue weighted by molar-refractivity contribution is 0.00112. The fourth-order valence-electron chi connectivity index (χ4n) is 2.61. The summed E-state index contributed by atoms with van der Waals surface area (Å²) in [5, 5.41) is 14.2. The maximum Gasteiger partial charge on any atom is 0.125 e. The molecule has 1 aromatic carbocycles. The molecule has 0 amide bonds. The lowest BCUT2D eigenvalue weighted by Gasteiger charge is -2.33. The van der Waals surface area contributed by atoms with E-state index in [1.165, 1.54) is 0 Å². The minimum absolute atomic E-state index is 0.0862. The monoisotopic (exact) mass is 279 g/mol. The van der Waals surface area contributed by atoms with Crippen molar-refractivity contribution in [3.63, 3.8) is 0 Å². The van der Waals surface area contributed by atoms with Gasteiger partial charge in [-0.1, -0.05) is 18.2 Å². The van der Waals surface area contributed by atoms with Crippen LogP contribution in [-0.2, 0) is 10.3 Å². The summed E-state index contributed by atoms with van der Waals surface area (Å²) < 4.78 is 11.3. The van der Waals surface area contributed by atoms with Gasteiger partial charge in [0.15, 0.2) is 0 Å². The number of nitrogens with one attached hydrogen (secondary N) is 1. The first-order valence-electron chi connectivity index (χ1n) is 7.29. The van der Waals surface area contributed by atoms with Crippen molar-refractivity contribution in [1.82, 2.24) is 5.32 Å². The van der Waals surface area contributed by atoms with Crippen LogP contribution >= 0.6 is 0 Å². The predicted molar refractivity (Wildman–Crippen MR) is 79.0 cm³/mol. The summed E-state index contributed by atoms with van der Waals surface area (Å²) in [6, 6.07) is 7.88. The van der Waals surface area contributed by atoms with Gasteiger partial charge in [0.05, 0.1) is 24.9 Å². The van der Waals surface area contributed by atoms with Crippen molar-refractivity contribution in [3.05, 3.63) is 29.8 Å². The van der Waals surface area contributed by atoms with Gasteiger partial charge in [-0.15, -0.1) is 0 Å². The van der Waals surface area contributed by atoms with E-state index < -0.39 is 5.60 Å². The average molecular weight is 279 g/mol. The number of hydrogen-bond acceptors (Lipinski definition) is 4. The standard InChI is InChI=1S/C16H25NO3/c1-12(2)20-15-7-5-4-6-14(15)16(3,18)10-13-11-19-9-8-17-13/h4-7,12-13,17-18H,8-11H2,1-3H3. The van der Waals surface area contributed by atoms with Crippen molar-refractivity contribution in [2.24, 2.45) is 0 Å². The van der Waals surface area contributed by atoms with Crippen LogP contribution in [0.4, 0.5) is 0 Å². The Hall–Kier alpha value is -1.10. The van der Waals surface area contributed by atoms with Gasteiger partial charge in [-0.25, -0.2) is 0 Å². The number of rotatable bonds is 5. The van der Waals surface area contributed by atoms with E-state index >= 15 is 0 Å². The molecule has 2 rings (SSSR count). The fourth-order valence-corrected chi connectivity index (χ4v) is 2.61. The maximum absolute atomic E-state index is 10.9. The Kier molecular flexibility index (Phi) is 5.02. The Bertz CT molecular complexity index is 425. The molecule has 0 spiro atoms. The summed E-state index contributed by atoms with van der Waals surface area (Å²) in [6.07, 6.45) is 0.689. The summed E-state index contributed by atoms with van der Waals surface area (Å²) in [5.41, 5.74) is -0.106. The molecule has 20 heavy (non-hydrogen) atoms. The molecule has 2 unspecified atom stereocenters. The minimum Gasteiger partial charge on any atom is -0.491 e. The van der Waals surface area contributed by atoms with Crippen LogP contribution in [0.1, 0.15) is 32.8 Å². The van der Waals surface area contributed by atoms with Gasteiger partial charge >= 0.3 is 0 Å². The van der Waals surface area contributed by atoms with E-state index in [1.807, 2.05) is 45.0 Å². The summed E-state index contributed by atoms with van der Waals surface area (Å²) in [4.78, 5) is 0. The largest absolute Gasteiger partial charge is 0.491 e. The van der Waals surface area contributed by atoms with E-state index in [4.69, 9.17) is 9.47 Å². The SMILES string of the molecule is CC(C)Oc1ccccc1C(C)(O)CC1COCCN1. The predicted octanol–water partition coefficient (Wildman–Crippen LogP) is 2.06. The molecule has 112 valence electrons. The first-order valence-corrected chi connectivity index (χ1v) is 7.29. The Morgan fingerprint density at radius 1 is 1.45 bits per heavy atom. The summed E-state index contributed by atoms with van der Waals surface area (Å²) in [5.74, 6) is 0.754. The van der Waals surface area contributed by atoms with Crippen LogP contribution < -0.4 is 10.1 Å². The lowest BCUT2D eigenvalue weighted by Crippen LogP contribution is -2.45. The highest BCUT2D eigenvalue weighted by atomic mass is 16.5. The molecule has 2 N–H and O–H groups in total. The highest BCUT2D eigenvalue weighted by Crippen LogP contribution is 2.34. The third-order valence-electron chi connectivity index (χ3n) is 3.47. The highest BCUT2D eigenvalue weighted by Gasteiger charge is 2.31. The molecular weight excluding hydrogens is 254 g/mol. The maximum atomic E-state index is 10.9.